The summed E-state index contributed by atoms with van der Waals surface area (Å²) in [6, 6.07) is 0. The molecular formula is C14H29N3O. The van der Waals surface area contributed by atoms with Crippen molar-refractivity contribution >= 4 is 5.91 Å². The van der Waals surface area contributed by atoms with Crippen LogP contribution in [0.2, 0.25) is 0 Å². The fourth-order valence-electron chi connectivity index (χ4n) is 2.57. The minimum atomic E-state index is 0.230. The van der Waals surface area contributed by atoms with Crippen LogP contribution >= 0.6 is 0 Å². The first-order chi connectivity index (χ1) is 8.72. The van der Waals surface area contributed by atoms with Gasteiger partial charge in [-0.1, -0.05) is 13.8 Å². The summed E-state index contributed by atoms with van der Waals surface area (Å²) in [6.07, 6.45) is 4.21. The van der Waals surface area contributed by atoms with Crippen molar-refractivity contribution in [3.05, 3.63) is 0 Å². The van der Waals surface area contributed by atoms with Crippen molar-refractivity contribution in [2.24, 2.45) is 11.7 Å². The van der Waals surface area contributed by atoms with Crippen LogP contribution in [-0.4, -0.2) is 55.0 Å². The third-order valence-corrected chi connectivity index (χ3v) is 3.95. The van der Waals surface area contributed by atoms with E-state index in [9.17, 15) is 4.79 Å². The molecule has 0 aromatic rings. The van der Waals surface area contributed by atoms with E-state index in [1.807, 2.05) is 0 Å². The molecule has 0 saturated carbocycles. The molecule has 1 rings (SSSR count). The summed E-state index contributed by atoms with van der Waals surface area (Å²) < 4.78 is 0. The van der Waals surface area contributed by atoms with Gasteiger partial charge in [0.05, 0.1) is 0 Å². The van der Waals surface area contributed by atoms with E-state index < -0.39 is 0 Å². The van der Waals surface area contributed by atoms with Gasteiger partial charge in [-0.3, -0.25) is 9.69 Å². The van der Waals surface area contributed by atoms with Crippen molar-refractivity contribution in [3.8, 4) is 0 Å². The molecule has 4 nitrogen and oxygen atoms in total. The van der Waals surface area contributed by atoms with E-state index in [1.54, 1.807) is 0 Å². The van der Waals surface area contributed by atoms with Crippen molar-refractivity contribution in [2.75, 3.05) is 39.3 Å². The van der Waals surface area contributed by atoms with Crippen LogP contribution in [0.5, 0.6) is 0 Å². The van der Waals surface area contributed by atoms with Crippen LogP contribution in [0.25, 0.3) is 0 Å². The van der Waals surface area contributed by atoms with Crippen molar-refractivity contribution in [1.29, 1.82) is 0 Å². The Morgan fingerprint density at radius 2 is 1.72 bits per heavy atom. The van der Waals surface area contributed by atoms with Gasteiger partial charge >= 0.3 is 0 Å². The van der Waals surface area contributed by atoms with Gasteiger partial charge in [0.2, 0.25) is 5.91 Å². The van der Waals surface area contributed by atoms with Crippen LogP contribution in [0.4, 0.5) is 0 Å². The lowest BCUT2D eigenvalue weighted by atomic mass is 10.0. The van der Waals surface area contributed by atoms with Gasteiger partial charge in [0.1, 0.15) is 0 Å². The van der Waals surface area contributed by atoms with E-state index in [0.717, 1.165) is 58.5 Å². The van der Waals surface area contributed by atoms with Gasteiger partial charge in [-0.25, -0.2) is 0 Å². The second-order valence-electron chi connectivity index (χ2n) is 5.18. The first-order valence-electron chi connectivity index (χ1n) is 7.44. The van der Waals surface area contributed by atoms with E-state index in [-0.39, 0.29) is 5.92 Å². The number of carbonyl (C=O) groups excluding carboxylic acids is 1. The van der Waals surface area contributed by atoms with Gasteiger partial charge in [-0.05, 0) is 38.8 Å². The standard InChI is InChI=1S/C14H29N3O/c1-3-13(4-2)14(18)17-11-9-16(10-12-17)8-6-5-7-15/h13H,3-12,15H2,1-2H3. The quantitative estimate of drug-likeness (QED) is 0.698. The highest BCUT2D eigenvalue weighted by Gasteiger charge is 2.24. The predicted molar refractivity (Wildman–Crippen MR) is 75.4 cm³/mol. The van der Waals surface area contributed by atoms with Gasteiger partial charge in [-0.15, -0.1) is 0 Å². The summed E-state index contributed by atoms with van der Waals surface area (Å²) in [6.45, 7) is 9.98. The maximum atomic E-state index is 12.2. The highest BCUT2D eigenvalue weighted by Crippen LogP contribution is 2.14. The number of piperazine rings is 1. The van der Waals surface area contributed by atoms with E-state index in [0.29, 0.717) is 5.91 Å². The molecule has 0 aromatic carbocycles. The Kier molecular flexibility index (Phi) is 7.28. The zero-order valence-electron chi connectivity index (χ0n) is 12.0. The monoisotopic (exact) mass is 255 g/mol. The molecule has 106 valence electrons. The Bertz CT molecular complexity index is 233. The number of hydrogen-bond acceptors (Lipinski definition) is 3. The van der Waals surface area contributed by atoms with Crippen LogP contribution in [0.3, 0.4) is 0 Å². The molecule has 18 heavy (non-hydrogen) atoms. The summed E-state index contributed by atoms with van der Waals surface area (Å²) in [5, 5.41) is 0. The molecule has 4 heteroatoms. The summed E-state index contributed by atoms with van der Waals surface area (Å²) in [7, 11) is 0. The van der Waals surface area contributed by atoms with Crippen molar-refractivity contribution in [3.63, 3.8) is 0 Å². The highest BCUT2D eigenvalue weighted by molar-refractivity contribution is 5.78. The molecule has 1 fully saturated rings. The van der Waals surface area contributed by atoms with E-state index >= 15 is 0 Å². The topological polar surface area (TPSA) is 49.6 Å². The number of hydrogen-bond donors (Lipinski definition) is 1. The highest BCUT2D eigenvalue weighted by atomic mass is 16.2. The van der Waals surface area contributed by atoms with Gasteiger partial charge in [0, 0.05) is 32.1 Å². The SMILES string of the molecule is CCC(CC)C(=O)N1CCN(CCCCN)CC1. The average Bonchev–Trinajstić information content (AvgIpc) is 2.41. The maximum Gasteiger partial charge on any atom is 0.225 e. The van der Waals surface area contributed by atoms with Crippen molar-refractivity contribution in [1.82, 2.24) is 9.80 Å². The first kappa shape index (κ1) is 15.4. The third-order valence-electron chi connectivity index (χ3n) is 3.95. The Morgan fingerprint density at radius 1 is 1.11 bits per heavy atom. The fourth-order valence-corrected chi connectivity index (χ4v) is 2.57. The van der Waals surface area contributed by atoms with Gasteiger partial charge < -0.3 is 10.6 Å². The molecule has 1 saturated heterocycles. The molecule has 0 aliphatic carbocycles. The number of nitrogens with two attached hydrogens (primary N) is 1. The lowest BCUT2D eigenvalue weighted by Crippen LogP contribution is -2.50. The first-order valence-corrected chi connectivity index (χ1v) is 7.44. The summed E-state index contributed by atoms with van der Waals surface area (Å²) in [5.74, 6) is 0.593. The number of unbranched alkanes of at least 4 members (excludes halogenated alkanes) is 1. The van der Waals surface area contributed by atoms with Crippen LogP contribution in [0.15, 0.2) is 0 Å². The number of rotatable bonds is 7. The van der Waals surface area contributed by atoms with Crippen LogP contribution < -0.4 is 5.73 Å². The normalized spacial score (nSPS) is 17.4. The fraction of sp³-hybridized carbons (Fsp3) is 0.929. The number of carbonyl (C=O) groups is 1. The maximum absolute atomic E-state index is 12.2. The number of nitrogens with zero attached hydrogens (tertiary/aromatic N) is 2. The van der Waals surface area contributed by atoms with E-state index in [2.05, 4.69) is 23.6 Å². The molecule has 1 aliphatic rings. The minimum absolute atomic E-state index is 0.230. The van der Waals surface area contributed by atoms with Crippen LogP contribution in [-0.2, 0) is 4.79 Å². The smallest absolute Gasteiger partial charge is 0.225 e. The molecule has 2 N–H and O–H groups in total. The van der Waals surface area contributed by atoms with Crippen molar-refractivity contribution in [2.45, 2.75) is 39.5 Å². The lowest BCUT2D eigenvalue weighted by molar-refractivity contribution is -0.137. The number of amides is 1. The Labute approximate surface area is 111 Å². The Morgan fingerprint density at radius 3 is 2.22 bits per heavy atom. The largest absolute Gasteiger partial charge is 0.340 e. The van der Waals surface area contributed by atoms with Gasteiger partial charge in [0.15, 0.2) is 0 Å². The molecule has 0 unspecified atom stereocenters. The Hall–Kier alpha value is -0.610. The van der Waals surface area contributed by atoms with E-state index in [4.69, 9.17) is 5.73 Å². The van der Waals surface area contributed by atoms with Gasteiger partial charge in [0.25, 0.3) is 0 Å². The average molecular weight is 255 g/mol. The van der Waals surface area contributed by atoms with Crippen LogP contribution in [0, 0.1) is 5.92 Å². The zero-order chi connectivity index (χ0) is 13.4. The van der Waals surface area contributed by atoms with E-state index in [1.165, 1.54) is 6.42 Å². The van der Waals surface area contributed by atoms with Gasteiger partial charge in [-0.2, -0.15) is 0 Å². The molecule has 0 radical (unpaired) electrons. The molecule has 0 aromatic heterocycles. The zero-order valence-corrected chi connectivity index (χ0v) is 12.0. The molecule has 1 amide bonds. The Balaban J connectivity index is 2.28. The third kappa shape index (κ3) is 4.58. The second kappa shape index (κ2) is 8.48. The minimum Gasteiger partial charge on any atom is -0.340 e. The lowest BCUT2D eigenvalue weighted by Gasteiger charge is -2.36. The molecule has 0 atom stereocenters. The predicted octanol–water partition coefficient (Wildman–Crippen LogP) is 1.31. The molecule has 0 spiro atoms. The molecular weight excluding hydrogens is 226 g/mol. The summed E-state index contributed by atoms with van der Waals surface area (Å²) in [5.41, 5.74) is 5.50. The molecule has 0 bridgehead atoms. The summed E-state index contributed by atoms with van der Waals surface area (Å²) >= 11 is 0. The molecule has 1 heterocycles. The van der Waals surface area contributed by atoms with Crippen LogP contribution in [0.1, 0.15) is 39.5 Å². The second-order valence-corrected chi connectivity index (χ2v) is 5.18. The molecule has 1 aliphatic heterocycles. The summed E-state index contributed by atoms with van der Waals surface area (Å²) in [4.78, 5) is 16.7. The van der Waals surface area contributed by atoms with Crippen molar-refractivity contribution < 1.29 is 4.79 Å².